The van der Waals surface area contributed by atoms with E-state index in [-0.39, 0.29) is 11.3 Å². The van der Waals surface area contributed by atoms with Crippen molar-refractivity contribution in [3.8, 4) is 0 Å². The third-order valence-corrected chi connectivity index (χ3v) is 5.78. The van der Waals surface area contributed by atoms with Crippen molar-refractivity contribution in [1.82, 2.24) is 19.7 Å². The van der Waals surface area contributed by atoms with Crippen LogP contribution in [0.1, 0.15) is 73.5 Å². The Bertz CT molecular complexity index is 804. The first-order chi connectivity index (χ1) is 12.0. The Hall–Kier alpha value is -2.17. The number of rotatable bonds is 4. The average Bonchev–Trinajstić information content (AvgIpc) is 3.40. The summed E-state index contributed by atoms with van der Waals surface area (Å²) in [6.07, 6.45) is 3.44. The smallest absolute Gasteiger partial charge is 0.254 e. The topological polar surface area (TPSA) is 51.0 Å². The van der Waals surface area contributed by atoms with Crippen LogP contribution in [0.25, 0.3) is 0 Å². The van der Waals surface area contributed by atoms with Gasteiger partial charge in [0.05, 0.1) is 6.54 Å². The first kappa shape index (κ1) is 16.3. The summed E-state index contributed by atoms with van der Waals surface area (Å²) in [7, 11) is 0. The number of aromatic nitrogens is 3. The van der Waals surface area contributed by atoms with E-state index < -0.39 is 0 Å². The molecule has 1 amide bonds. The van der Waals surface area contributed by atoms with Crippen molar-refractivity contribution in [2.24, 2.45) is 0 Å². The quantitative estimate of drug-likeness (QED) is 0.857. The Labute approximate surface area is 149 Å². The molecule has 1 saturated carbocycles. The van der Waals surface area contributed by atoms with E-state index in [9.17, 15) is 4.79 Å². The van der Waals surface area contributed by atoms with Gasteiger partial charge in [-0.15, -0.1) is 10.2 Å². The van der Waals surface area contributed by atoms with Crippen molar-refractivity contribution < 1.29 is 4.79 Å². The lowest BCUT2D eigenvalue weighted by molar-refractivity contribution is 0.0703. The lowest BCUT2D eigenvalue weighted by Gasteiger charge is -2.31. The molecule has 4 rings (SSSR count). The van der Waals surface area contributed by atoms with Crippen molar-refractivity contribution in [2.75, 3.05) is 6.54 Å². The molecule has 1 fully saturated rings. The standard InChI is InChI=1S/C20H26N4O/c1-4-20(2,3)16-8-6-5-7-15(16)19(25)23-11-12-24-17(13-23)21-22-18(24)14-9-10-14/h5-8,14H,4,9-13H2,1-3H3. The van der Waals surface area contributed by atoms with Crippen LogP contribution in [0.2, 0.25) is 0 Å². The van der Waals surface area contributed by atoms with Crippen molar-refractivity contribution >= 4 is 5.91 Å². The zero-order chi connectivity index (χ0) is 17.6. The summed E-state index contributed by atoms with van der Waals surface area (Å²) in [5.74, 6) is 2.75. The van der Waals surface area contributed by atoms with Crippen molar-refractivity contribution in [3.63, 3.8) is 0 Å². The maximum atomic E-state index is 13.2. The van der Waals surface area contributed by atoms with E-state index >= 15 is 0 Å². The molecule has 0 radical (unpaired) electrons. The van der Waals surface area contributed by atoms with Gasteiger partial charge in [-0.1, -0.05) is 39.0 Å². The molecule has 0 unspecified atom stereocenters. The van der Waals surface area contributed by atoms with E-state index in [1.807, 2.05) is 23.1 Å². The zero-order valence-corrected chi connectivity index (χ0v) is 15.3. The van der Waals surface area contributed by atoms with Gasteiger partial charge in [0.15, 0.2) is 5.82 Å². The van der Waals surface area contributed by atoms with Gasteiger partial charge in [-0.3, -0.25) is 4.79 Å². The van der Waals surface area contributed by atoms with Crippen molar-refractivity contribution in [2.45, 2.75) is 64.5 Å². The van der Waals surface area contributed by atoms with Crippen LogP contribution in [-0.2, 0) is 18.5 Å². The average molecular weight is 338 g/mol. The second-order valence-electron chi connectivity index (χ2n) is 7.91. The molecule has 1 aliphatic heterocycles. The molecule has 1 aliphatic carbocycles. The molecule has 2 aromatic rings. The van der Waals surface area contributed by atoms with Gasteiger partial charge >= 0.3 is 0 Å². The maximum Gasteiger partial charge on any atom is 0.254 e. The molecule has 0 bridgehead atoms. The highest BCUT2D eigenvalue weighted by molar-refractivity contribution is 5.96. The fourth-order valence-electron chi connectivity index (χ4n) is 3.62. The molecule has 5 heteroatoms. The number of nitrogens with zero attached hydrogens (tertiary/aromatic N) is 4. The second kappa shape index (κ2) is 5.97. The number of carbonyl (C=O) groups is 1. The SMILES string of the molecule is CCC(C)(C)c1ccccc1C(=O)N1CCn2c(nnc2C2CC2)C1. The fourth-order valence-corrected chi connectivity index (χ4v) is 3.62. The predicted octanol–water partition coefficient (Wildman–Crippen LogP) is 3.50. The largest absolute Gasteiger partial charge is 0.329 e. The van der Waals surface area contributed by atoms with Crippen LogP contribution in [0.4, 0.5) is 0 Å². The van der Waals surface area contributed by atoms with Crippen LogP contribution in [0.5, 0.6) is 0 Å². The summed E-state index contributed by atoms with van der Waals surface area (Å²) < 4.78 is 2.23. The van der Waals surface area contributed by atoms with Gasteiger partial charge in [0.1, 0.15) is 5.82 Å². The van der Waals surface area contributed by atoms with Gasteiger partial charge in [0.2, 0.25) is 0 Å². The van der Waals surface area contributed by atoms with Gasteiger partial charge in [-0.05, 0) is 36.3 Å². The van der Waals surface area contributed by atoms with Crippen molar-refractivity contribution in [1.29, 1.82) is 0 Å². The zero-order valence-electron chi connectivity index (χ0n) is 15.3. The predicted molar refractivity (Wildman–Crippen MR) is 96.5 cm³/mol. The molecule has 0 atom stereocenters. The lowest BCUT2D eigenvalue weighted by atomic mass is 9.79. The van der Waals surface area contributed by atoms with Crippen LogP contribution in [0.15, 0.2) is 24.3 Å². The number of amides is 1. The van der Waals surface area contributed by atoms with E-state index in [1.165, 1.54) is 12.8 Å². The number of benzene rings is 1. The molecule has 0 saturated heterocycles. The fraction of sp³-hybridized carbons (Fsp3) is 0.550. The number of fused-ring (bicyclic) bond motifs is 1. The number of hydrogen-bond donors (Lipinski definition) is 0. The monoisotopic (exact) mass is 338 g/mol. The van der Waals surface area contributed by atoms with E-state index in [0.717, 1.165) is 42.3 Å². The highest BCUT2D eigenvalue weighted by atomic mass is 16.2. The summed E-state index contributed by atoms with van der Waals surface area (Å²) in [6, 6.07) is 8.04. The minimum Gasteiger partial charge on any atom is -0.329 e. The van der Waals surface area contributed by atoms with Gasteiger partial charge in [-0.2, -0.15) is 0 Å². The molecule has 0 N–H and O–H groups in total. The first-order valence-corrected chi connectivity index (χ1v) is 9.32. The first-order valence-electron chi connectivity index (χ1n) is 9.32. The van der Waals surface area contributed by atoms with Gasteiger partial charge in [0.25, 0.3) is 5.91 Å². The Morgan fingerprint density at radius 1 is 1.20 bits per heavy atom. The maximum absolute atomic E-state index is 13.2. The van der Waals surface area contributed by atoms with Gasteiger partial charge in [0, 0.05) is 24.6 Å². The summed E-state index contributed by atoms with van der Waals surface area (Å²) in [6.45, 7) is 8.66. The minimum absolute atomic E-state index is 0.0127. The number of hydrogen-bond acceptors (Lipinski definition) is 3. The summed E-state index contributed by atoms with van der Waals surface area (Å²) >= 11 is 0. The van der Waals surface area contributed by atoms with Crippen LogP contribution in [0.3, 0.4) is 0 Å². The van der Waals surface area contributed by atoms with E-state index in [2.05, 4.69) is 41.6 Å². The molecular formula is C20H26N4O. The van der Waals surface area contributed by atoms with E-state index in [4.69, 9.17) is 0 Å². The minimum atomic E-state index is -0.0127. The Kier molecular flexibility index (Phi) is 3.89. The molecule has 25 heavy (non-hydrogen) atoms. The molecule has 2 aliphatic rings. The Morgan fingerprint density at radius 3 is 2.68 bits per heavy atom. The second-order valence-corrected chi connectivity index (χ2v) is 7.91. The van der Waals surface area contributed by atoms with Gasteiger partial charge in [-0.25, -0.2) is 0 Å². The van der Waals surface area contributed by atoms with E-state index in [0.29, 0.717) is 12.5 Å². The summed E-state index contributed by atoms with van der Waals surface area (Å²) in [4.78, 5) is 15.1. The van der Waals surface area contributed by atoms with Crippen LogP contribution < -0.4 is 0 Å². The molecule has 132 valence electrons. The lowest BCUT2D eigenvalue weighted by Crippen LogP contribution is -2.39. The summed E-state index contributed by atoms with van der Waals surface area (Å²) in [5, 5.41) is 8.72. The van der Waals surface area contributed by atoms with Crippen LogP contribution in [0, 0.1) is 0 Å². The molecule has 1 aromatic carbocycles. The summed E-state index contributed by atoms with van der Waals surface area (Å²) in [5.41, 5.74) is 1.94. The Balaban J connectivity index is 1.60. The van der Waals surface area contributed by atoms with E-state index in [1.54, 1.807) is 0 Å². The van der Waals surface area contributed by atoms with Crippen LogP contribution in [-0.4, -0.2) is 32.1 Å². The normalized spacial score (nSPS) is 17.5. The highest BCUT2D eigenvalue weighted by Gasteiger charge is 2.34. The molecule has 1 aromatic heterocycles. The molecular weight excluding hydrogens is 312 g/mol. The van der Waals surface area contributed by atoms with Gasteiger partial charge < -0.3 is 9.47 Å². The Morgan fingerprint density at radius 2 is 1.96 bits per heavy atom. The van der Waals surface area contributed by atoms with Crippen molar-refractivity contribution in [3.05, 3.63) is 47.0 Å². The highest BCUT2D eigenvalue weighted by Crippen LogP contribution is 2.39. The molecule has 2 heterocycles. The molecule has 5 nitrogen and oxygen atoms in total. The van der Waals surface area contributed by atoms with Crippen LogP contribution >= 0.6 is 0 Å². The third-order valence-electron chi connectivity index (χ3n) is 5.78. The number of carbonyl (C=O) groups excluding carboxylic acids is 1. The molecule has 0 spiro atoms. The third kappa shape index (κ3) is 2.86.